The van der Waals surface area contributed by atoms with Gasteiger partial charge in [-0.25, -0.2) is 14.4 Å². The van der Waals surface area contributed by atoms with Crippen LogP contribution in [0.15, 0.2) is 60.8 Å². The zero-order valence-corrected chi connectivity index (χ0v) is 18.3. The maximum absolute atomic E-state index is 12.9. The number of hydrogen-bond acceptors (Lipinski definition) is 5. The number of carbonyl (C=O) groups is 3. The Kier molecular flexibility index (Phi) is 6.22. The van der Waals surface area contributed by atoms with Crippen LogP contribution in [0.4, 0.5) is 10.6 Å². The minimum atomic E-state index is -0.502. The van der Waals surface area contributed by atoms with Crippen LogP contribution in [-0.4, -0.2) is 46.2 Å². The lowest BCUT2D eigenvalue weighted by Gasteiger charge is -2.16. The molecule has 0 atom stereocenters. The number of aromatic nitrogens is 2. The highest BCUT2D eigenvalue weighted by molar-refractivity contribution is 6.34. The van der Waals surface area contributed by atoms with Gasteiger partial charge in [-0.3, -0.25) is 9.59 Å². The molecule has 3 aromatic rings. The Bertz CT molecular complexity index is 1240. The summed E-state index contributed by atoms with van der Waals surface area (Å²) in [6, 6.07) is 16.1. The Labute approximate surface area is 191 Å². The topological polar surface area (TPSA) is 84.7 Å². The molecule has 33 heavy (non-hydrogen) atoms. The number of fused-ring (bicyclic) bond motifs is 1. The van der Waals surface area contributed by atoms with Crippen molar-refractivity contribution in [2.75, 3.05) is 18.5 Å². The number of aryl methyl sites for hydroxylation is 1. The van der Waals surface area contributed by atoms with Crippen LogP contribution in [0.2, 0.25) is 0 Å². The van der Waals surface area contributed by atoms with Crippen LogP contribution in [0, 0.1) is 11.8 Å². The molecule has 166 valence electrons. The molecule has 2 aromatic carbocycles. The lowest BCUT2D eigenvalue weighted by Crippen LogP contribution is -2.32. The summed E-state index contributed by atoms with van der Waals surface area (Å²) in [4.78, 5) is 40.5. The highest BCUT2D eigenvalue weighted by Gasteiger charge is 2.39. The third-order valence-corrected chi connectivity index (χ3v) is 5.17. The number of ether oxygens (including phenoxy) is 1. The van der Waals surface area contributed by atoms with E-state index < -0.39 is 17.9 Å². The smallest absolute Gasteiger partial charge is 0.410 e. The van der Waals surface area contributed by atoms with Gasteiger partial charge in [-0.15, -0.1) is 0 Å². The molecule has 0 spiro atoms. The summed E-state index contributed by atoms with van der Waals surface area (Å²) in [5, 5.41) is 4.27. The number of hydrogen-bond donors (Lipinski definition) is 0. The van der Waals surface area contributed by atoms with E-state index in [9.17, 15) is 14.4 Å². The van der Waals surface area contributed by atoms with Crippen molar-refractivity contribution in [2.24, 2.45) is 0 Å². The maximum Gasteiger partial charge on any atom is 0.410 e. The molecule has 2 heterocycles. The van der Waals surface area contributed by atoms with E-state index in [1.54, 1.807) is 36.0 Å². The fraction of sp³-hybridized carbons (Fsp3) is 0.200. The minimum Gasteiger partial charge on any atom is -0.445 e. The molecule has 0 unspecified atom stereocenters. The number of carbonyl (C=O) groups excluding carboxylic acids is 3. The highest BCUT2D eigenvalue weighted by atomic mass is 16.6. The lowest BCUT2D eigenvalue weighted by molar-refractivity contribution is 0.0923. The molecule has 8 nitrogen and oxygen atoms in total. The van der Waals surface area contributed by atoms with Crippen LogP contribution in [0.25, 0.3) is 0 Å². The Balaban J connectivity index is 1.48. The largest absolute Gasteiger partial charge is 0.445 e. The Morgan fingerprint density at radius 3 is 2.30 bits per heavy atom. The molecule has 0 bridgehead atoms. The molecule has 3 amide bonds. The van der Waals surface area contributed by atoms with E-state index in [2.05, 4.69) is 16.9 Å². The first-order valence-corrected chi connectivity index (χ1v) is 10.5. The van der Waals surface area contributed by atoms with Crippen LogP contribution < -0.4 is 4.90 Å². The molecule has 1 aliphatic rings. The molecule has 0 saturated carbocycles. The third-order valence-electron chi connectivity index (χ3n) is 5.17. The molecule has 0 radical (unpaired) electrons. The van der Waals surface area contributed by atoms with Gasteiger partial charge in [-0.2, -0.15) is 5.10 Å². The van der Waals surface area contributed by atoms with Gasteiger partial charge in [-0.1, -0.05) is 54.3 Å². The van der Waals surface area contributed by atoms with Crippen LogP contribution in [0.1, 0.15) is 38.8 Å². The molecule has 1 aliphatic heterocycles. The number of amides is 3. The molecule has 1 aromatic heterocycles. The minimum absolute atomic E-state index is 0.104. The average Bonchev–Trinajstić information content (AvgIpc) is 3.35. The summed E-state index contributed by atoms with van der Waals surface area (Å²) in [5.41, 5.74) is 2.03. The zero-order chi connectivity index (χ0) is 23.4. The average molecular weight is 442 g/mol. The molecule has 8 heteroatoms. The van der Waals surface area contributed by atoms with Gasteiger partial charge in [0, 0.05) is 13.6 Å². The fourth-order valence-electron chi connectivity index (χ4n) is 3.46. The second-order valence-electron chi connectivity index (χ2n) is 7.39. The molecule has 0 N–H and O–H groups in total. The number of anilines is 1. The first kappa shape index (κ1) is 21.8. The normalized spacial score (nSPS) is 12.2. The number of nitrogens with zero attached hydrogens (tertiary/aromatic N) is 4. The standard InChI is InChI=1S/C25H22N4O4/c1-3-28-22(29-23(30)20-13-7-8-14-21(20)24(29)31)19(16-26-28)12-9-15-27(2)25(32)33-17-18-10-5-4-6-11-18/h4-8,10-11,13-14,16H,3,15,17H2,1-2H3. The van der Waals surface area contributed by atoms with Crippen molar-refractivity contribution in [3.63, 3.8) is 0 Å². The van der Waals surface area contributed by atoms with E-state index in [1.807, 2.05) is 37.3 Å². The van der Waals surface area contributed by atoms with E-state index in [1.165, 1.54) is 11.1 Å². The van der Waals surface area contributed by atoms with E-state index in [0.29, 0.717) is 29.1 Å². The number of benzene rings is 2. The third kappa shape index (κ3) is 4.34. The zero-order valence-electron chi connectivity index (χ0n) is 18.3. The first-order valence-electron chi connectivity index (χ1n) is 10.5. The first-order chi connectivity index (χ1) is 16.0. The molecular weight excluding hydrogens is 420 g/mol. The summed E-state index contributed by atoms with van der Waals surface area (Å²) in [6.45, 7) is 2.59. The van der Waals surface area contributed by atoms with E-state index in [-0.39, 0.29) is 13.2 Å². The Morgan fingerprint density at radius 1 is 1.03 bits per heavy atom. The van der Waals surface area contributed by atoms with Crippen molar-refractivity contribution in [1.82, 2.24) is 14.7 Å². The lowest BCUT2D eigenvalue weighted by atomic mass is 10.1. The van der Waals surface area contributed by atoms with Gasteiger partial charge in [0.2, 0.25) is 0 Å². The van der Waals surface area contributed by atoms with Gasteiger partial charge in [0.05, 0.1) is 29.4 Å². The molecule has 0 aliphatic carbocycles. The summed E-state index contributed by atoms with van der Waals surface area (Å²) in [6.07, 6.45) is 1.02. The van der Waals surface area contributed by atoms with Crippen molar-refractivity contribution in [2.45, 2.75) is 20.1 Å². The van der Waals surface area contributed by atoms with Gasteiger partial charge in [0.1, 0.15) is 6.61 Å². The summed E-state index contributed by atoms with van der Waals surface area (Å²) in [5.74, 6) is 5.36. The van der Waals surface area contributed by atoms with Crippen molar-refractivity contribution in [3.8, 4) is 11.8 Å². The molecule has 0 saturated heterocycles. The molecule has 4 rings (SSSR count). The van der Waals surface area contributed by atoms with Crippen molar-refractivity contribution in [1.29, 1.82) is 0 Å². The van der Waals surface area contributed by atoms with Gasteiger partial charge >= 0.3 is 6.09 Å². The molecule has 0 fully saturated rings. The number of rotatable bonds is 5. The highest BCUT2D eigenvalue weighted by Crippen LogP contribution is 2.30. The summed E-state index contributed by atoms with van der Waals surface area (Å²) < 4.78 is 6.85. The van der Waals surface area contributed by atoms with Gasteiger partial charge in [-0.05, 0) is 24.6 Å². The predicted molar refractivity (Wildman–Crippen MR) is 122 cm³/mol. The van der Waals surface area contributed by atoms with Gasteiger partial charge in [0.25, 0.3) is 11.8 Å². The van der Waals surface area contributed by atoms with Crippen LogP contribution in [0.5, 0.6) is 0 Å². The predicted octanol–water partition coefficient (Wildman–Crippen LogP) is 3.32. The quantitative estimate of drug-likeness (QED) is 0.447. The van der Waals surface area contributed by atoms with E-state index in [4.69, 9.17) is 4.74 Å². The SMILES string of the molecule is CCn1ncc(C#CCN(C)C(=O)OCc2ccccc2)c1N1C(=O)c2ccccc2C1=O. The van der Waals surface area contributed by atoms with E-state index in [0.717, 1.165) is 10.5 Å². The van der Waals surface area contributed by atoms with Gasteiger partial charge < -0.3 is 9.64 Å². The van der Waals surface area contributed by atoms with Crippen LogP contribution in [-0.2, 0) is 17.9 Å². The van der Waals surface area contributed by atoms with Crippen LogP contribution in [0.3, 0.4) is 0 Å². The fourth-order valence-corrected chi connectivity index (χ4v) is 3.46. The van der Waals surface area contributed by atoms with Crippen molar-refractivity contribution < 1.29 is 19.1 Å². The Hall–Kier alpha value is -4.38. The monoisotopic (exact) mass is 442 g/mol. The second kappa shape index (κ2) is 9.40. The van der Waals surface area contributed by atoms with Crippen molar-refractivity contribution >= 4 is 23.7 Å². The van der Waals surface area contributed by atoms with Crippen LogP contribution >= 0.6 is 0 Å². The maximum atomic E-state index is 12.9. The Morgan fingerprint density at radius 2 is 1.67 bits per heavy atom. The van der Waals surface area contributed by atoms with Crippen molar-refractivity contribution in [3.05, 3.63) is 83.0 Å². The second-order valence-corrected chi connectivity index (χ2v) is 7.39. The van der Waals surface area contributed by atoms with Gasteiger partial charge in [0.15, 0.2) is 5.82 Å². The summed E-state index contributed by atoms with van der Waals surface area (Å²) in [7, 11) is 1.59. The summed E-state index contributed by atoms with van der Waals surface area (Å²) >= 11 is 0. The number of imide groups is 1. The van der Waals surface area contributed by atoms with E-state index >= 15 is 0 Å². The molecular formula is C25H22N4O4.